The fraction of sp³-hybridized carbons (Fsp3) is 0.227. The molecule has 1 saturated heterocycles. The standard InChI is InChI=1S/C22H22Cl2N6O/c1-29-10-12-30(13-11-29)20-7-3-6-18(28-20)27-19-14-15(8-9-25-19)26-22(31)21-16(23)4-2-5-17(21)24/h2-9,14H,10-13H2,1H3,(H2,25,26,27,28,31). The predicted molar refractivity (Wildman–Crippen MR) is 126 cm³/mol. The Morgan fingerprint density at radius 2 is 1.68 bits per heavy atom. The Morgan fingerprint density at radius 1 is 0.968 bits per heavy atom. The zero-order chi connectivity index (χ0) is 21.8. The molecule has 0 saturated carbocycles. The first-order valence-corrected chi connectivity index (χ1v) is 10.6. The minimum absolute atomic E-state index is 0.235. The van der Waals surface area contributed by atoms with Gasteiger partial charge in [0, 0.05) is 44.1 Å². The minimum Gasteiger partial charge on any atom is -0.354 e. The van der Waals surface area contributed by atoms with E-state index in [1.807, 2.05) is 18.2 Å². The lowest BCUT2D eigenvalue weighted by atomic mass is 10.2. The van der Waals surface area contributed by atoms with Gasteiger partial charge in [-0.05, 0) is 37.4 Å². The maximum atomic E-state index is 12.6. The van der Waals surface area contributed by atoms with Crippen LogP contribution >= 0.6 is 23.2 Å². The highest BCUT2D eigenvalue weighted by atomic mass is 35.5. The van der Waals surface area contributed by atoms with E-state index in [2.05, 4.69) is 32.5 Å². The van der Waals surface area contributed by atoms with Gasteiger partial charge in [-0.25, -0.2) is 9.97 Å². The van der Waals surface area contributed by atoms with E-state index in [9.17, 15) is 4.79 Å². The molecule has 1 aliphatic rings. The Kier molecular flexibility index (Phi) is 6.56. The van der Waals surface area contributed by atoms with E-state index in [-0.39, 0.29) is 11.5 Å². The largest absolute Gasteiger partial charge is 0.354 e. The normalized spacial score (nSPS) is 14.4. The molecule has 0 unspecified atom stereocenters. The quantitative estimate of drug-likeness (QED) is 0.587. The number of anilines is 4. The Bertz CT molecular complexity index is 1060. The van der Waals surface area contributed by atoms with Gasteiger partial charge < -0.3 is 20.4 Å². The molecule has 0 aliphatic carbocycles. The summed E-state index contributed by atoms with van der Waals surface area (Å²) in [6, 6.07) is 14.2. The maximum absolute atomic E-state index is 12.6. The van der Waals surface area contributed by atoms with Gasteiger partial charge in [-0.1, -0.05) is 35.3 Å². The highest BCUT2D eigenvalue weighted by Crippen LogP contribution is 2.26. The van der Waals surface area contributed by atoms with Crippen LogP contribution in [0.3, 0.4) is 0 Å². The molecule has 31 heavy (non-hydrogen) atoms. The summed E-state index contributed by atoms with van der Waals surface area (Å²) in [4.78, 5) is 26.2. The number of rotatable bonds is 5. The molecule has 0 spiro atoms. The van der Waals surface area contributed by atoms with Crippen LogP contribution in [0, 0.1) is 0 Å². The number of benzene rings is 1. The highest BCUT2D eigenvalue weighted by molar-refractivity contribution is 6.40. The van der Waals surface area contributed by atoms with Gasteiger partial charge in [0.15, 0.2) is 0 Å². The smallest absolute Gasteiger partial charge is 0.258 e. The van der Waals surface area contributed by atoms with Crippen LogP contribution in [-0.2, 0) is 0 Å². The van der Waals surface area contributed by atoms with E-state index < -0.39 is 0 Å². The number of halogens is 2. The molecule has 3 heterocycles. The number of pyridine rings is 2. The van der Waals surface area contributed by atoms with Crippen molar-refractivity contribution in [2.24, 2.45) is 0 Å². The maximum Gasteiger partial charge on any atom is 0.258 e. The first kappa shape index (κ1) is 21.4. The Labute approximate surface area is 191 Å². The summed E-state index contributed by atoms with van der Waals surface area (Å²) in [7, 11) is 2.12. The van der Waals surface area contributed by atoms with E-state index in [1.165, 1.54) is 0 Å². The third kappa shape index (κ3) is 5.25. The Hall–Kier alpha value is -2.87. The first-order valence-electron chi connectivity index (χ1n) is 9.88. The van der Waals surface area contributed by atoms with Crippen molar-refractivity contribution in [3.63, 3.8) is 0 Å². The molecule has 2 aromatic heterocycles. The SMILES string of the molecule is CN1CCN(c2cccc(Nc3cc(NC(=O)c4c(Cl)cccc4Cl)ccn3)n2)CC1. The summed E-state index contributed by atoms with van der Waals surface area (Å²) in [5.41, 5.74) is 0.799. The summed E-state index contributed by atoms with van der Waals surface area (Å²) >= 11 is 12.3. The number of piperazine rings is 1. The fourth-order valence-electron chi connectivity index (χ4n) is 3.32. The van der Waals surface area contributed by atoms with Gasteiger partial charge in [0.25, 0.3) is 5.91 Å². The van der Waals surface area contributed by atoms with Crippen LogP contribution in [0.1, 0.15) is 10.4 Å². The molecule has 1 amide bonds. The average molecular weight is 457 g/mol. The van der Waals surface area contributed by atoms with Crippen LogP contribution in [0.15, 0.2) is 54.7 Å². The Balaban J connectivity index is 1.47. The summed E-state index contributed by atoms with van der Waals surface area (Å²) < 4.78 is 0. The van der Waals surface area contributed by atoms with Gasteiger partial charge in [0.2, 0.25) is 0 Å². The monoisotopic (exact) mass is 456 g/mol. The summed E-state index contributed by atoms with van der Waals surface area (Å²) in [5, 5.41) is 6.61. The lowest BCUT2D eigenvalue weighted by molar-refractivity contribution is 0.102. The van der Waals surface area contributed by atoms with Crippen molar-refractivity contribution in [2.75, 3.05) is 48.8 Å². The van der Waals surface area contributed by atoms with Gasteiger partial charge in [0.05, 0.1) is 15.6 Å². The van der Waals surface area contributed by atoms with Crippen LogP contribution in [0.2, 0.25) is 10.0 Å². The van der Waals surface area contributed by atoms with E-state index in [4.69, 9.17) is 28.2 Å². The summed E-state index contributed by atoms with van der Waals surface area (Å²) in [6.45, 7) is 3.91. The third-order valence-electron chi connectivity index (χ3n) is 5.03. The number of carbonyl (C=O) groups excluding carboxylic acids is 1. The average Bonchev–Trinajstić information content (AvgIpc) is 2.74. The highest BCUT2D eigenvalue weighted by Gasteiger charge is 2.16. The van der Waals surface area contributed by atoms with Gasteiger partial charge in [-0.2, -0.15) is 0 Å². The zero-order valence-corrected chi connectivity index (χ0v) is 18.5. The molecule has 3 aromatic rings. The number of nitrogens with zero attached hydrogens (tertiary/aromatic N) is 4. The van der Waals surface area contributed by atoms with Crippen molar-refractivity contribution in [3.05, 3.63) is 70.3 Å². The molecule has 0 radical (unpaired) electrons. The van der Waals surface area contributed by atoms with E-state index >= 15 is 0 Å². The van der Waals surface area contributed by atoms with Gasteiger partial charge in [-0.3, -0.25) is 4.79 Å². The molecule has 1 fully saturated rings. The van der Waals surface area contributed by atoms with E-state index in [0.29, 0.717) is 27.4 Å². The minimum atomic E-state index is -0.386. The molecule has 4 rings (SSSR count). The third-order valence-corrected chi connectivity index (χ3v) is 5.66. The number of hydrogen-bond donors (Lipinski definition) is 2. The second-order valence-corrected chi connectivity index (χ2v) is 8.09. The van der Waals surface area contributed by atoms with Crippen LogP contribution in [0.25, 0.3) is 0 Å². The number of hydrogen-bond acceptors (Lipinski definition) is 6. The van der Waals surface area contributed by atoms with Crippen molar-refractivity contribution in [1.82, 2.24) is 14.9 Å². The molecule has 0 atom stereocenters. The molecule has 7 nitrogen and oxygen atoms in total. The summed E-state index contributed by atoms with van der Waals surface area (Å²) in [5.74, 6) is 1.78. The second kappa shape index (κ2) is 9.51. The van der Waals surface area contributed by atoms with Crippen LogP contribution in [0.5, 0.6) is 0 Å². The van der Waals surface area contributed by atoms with Crippen molar-refractivity contribution >= 4 is 52.3 Å². The molecular weight excluding hydrogens is 435 g/mol. The predicted octanol–water partition coefficient (Wildman–Crippen LogP) is 4.53. The second-order valence-electron chi connectivity index (χ2n) is 7.28. The van der Waals surface area contributed by atoms with Crippen LogP contribution in [0.4, 0.5) is 23.1 Å². The van der Waals surface area contributed by atoms with E-state index in [0.717, 1.165) is 32.0 Å². The summed E-state index contributed by atoms with van der Waals surface area (Å²) in [6.07, 6.45) is 1.61. The fourth-order valence-corrected chi connectivity index (χ4v) is 3.89. The van der Waals surface area contributed by atoms with Crippen molar-refractivity contribution < 1.29 is 4.79 Å². The zero-order valence-electron chi connectivity index (χ0n) is 17.0. The molecule has 0 bridgehead atoms. The van der Waals surface area contributed by atoms with Gasteiger partial charge in [0.1, 0.15) is 17.5 Å². The lowest BCUT2D eigenvalue weighted by Gasteiger charge is -2.33. The van der Waals surface area contributed by atoms with Crippen molar-refractivity contribution in [2.45, 2.75) is 0 Å². The number of nitrogens with one attached hydrogen (secondary N) is 2. The molecule has 160 valence electrons. The topological polar surface area (TPSA) is 73.4 Å². The number of carbonyl (C=O) groups is 1. The van der Waals surface area contributed by atoms with Gasteiger partial charge >= 0.3 is 0 Å². The van der Waals surface area contributed by atoms with Crippen molar-refractivity contribution in [1.29, 1.82) is 0 Å². The molecule has 2 N–H and O–H groups in total. The molecular formula is C22H22Cl2N6O. The number of amides is 1. The first-order chi connectivity index (χ1) is 15.0. The number of aromatic nitrogens is 2. The van der Waals surface area contributed by atoms with E-state index in [1.54, 1.807) is 36.5 Å². The molecule has 1 aromatic carbocycles. The number of likely N-dealkylation sites (N-methyl/N-ethyl adjacent to an activating group) is 1. The van der Waals surface area contributed by atoms with Crippen LogP contribution in [-0.4, -0.2) is 54.0 Å². The van der Waals surface area contributed by atoms with Gasteiger partial charge in [-0.15, -0.1) is 0 Å². The molecule has 1 aliphatic heterocycles. The lowest BCUT2D eigenvalue weighted by Crippen LogP contribution is -2.44. The van der Waals surface area contributed by atoms with Crippen LogP contribution < -0.4 is 15.5 Å². The molecule has 9 heteroatoms. The van der Waals surface area contributed by atoms with Crippen molar-refractivity contribution in [3.8, 4) is 0 Å². The Morgan fingerprint density at radius 3 is 2.42 bits per heavy atom.